The lowest BCUT2D eigenvalue weighted by Crippen LogP contribution is -2.13. The van der Waals surface area contributed by atoms with Crippen LogP contribution in [0.5, 0.6) is 0 Å². The van der Waals surface area contributed by atoms with Gasteiger partial charge in [0, 0.05) is 23.5 Å². The van der Waals surface area contributed by atoms with Gasteiger partial charge in [-0.2, -0.15) is 0 Å². The van der Waals surface area contributed by atoms with Gasteiger partial charge in [0.05, 0.1) is 17.8 Å². The molecule has 3 rings (SSSR count). The zero-order valence-electron chi connectivity index (χ0n) is 12.1. The van der Waals surface area contributed by atoms with Crippen molar-refractivity contribution in [3.05, 3.63) is 76.4 Å². The third kappa shape index (κ3) is 3.63. The summed E-state index contributed by atoms with van der Waals surface area (Å²) in [5, 5.41) is 14.3. The summed E-state index contributed by atoms with van der Waals surface area (Å²) in [6.07, 6.45) is 0. The van der Waals surface area contributed by atoms with Crippen molar-refractivity contribution >= 4 is 22.5 Å². The maximum Gasteiger partial charge on any atom is 0.0706 e. The van der Waals surface area contributed by atoms with E-state index in [9.17, 15) is 0 Å². The van der Waals surface area contributed by atoms with Crippen LogP contribution in [0.3, 0.4) is 0 Å². The lowest BCUT2D eigenvalue weighted by Gasteiger charge is -2.07. The van der Waals surface area contributed by atoms with Gasteiger partial charge in [-0.05, 0) is 35.4 Å². The first-order valence-corrected chi connectivity index (χ1v) is 7.57. The Labute approximate surface area is 134 Å². The molecule has 0 saturated carbocycles. The first-order chi connectivity index (χ1) is 10.7. The number of rotatable bonds is 5. The molecule has 0 spiro atoms. The molecule has 0 amide bonds. The van der Waals surface area contributed by atoms with Crippen molar-refractivity contribution in [2.75, 3.05) is 0 Å². The Bertz CT molecular complexity index is 789. The van der Waals surface area contributed by atoms with E-state index in [1.807, 2.05) is 54.6 Å². The second-order valence-corrected chi connectivity index (χ2v) is 5.66. The smallest absolute Gasteiger partial charge is 0.0706 e. The average Bonchev–Trinajstić information content (AvgIpc) is 2.55. The second kappa shape index (κ2) is 6.88. The Morgan fingerprint density at radius 1 is 0.955 bits per heavy atom. The SMILES string of the molecule is OCc1cccc(CNCc2ccc3cc(Cl)ccc3n2)c1. The van der Waals surface area contributed by atoms with E-state index in [2.05, 4.69) is 10.3 Å². The second-order valence-electron chi connectivity index (χ2n) is 5.22. The summed E-state index contributed by atoms with van der Waals surface area (Å²) in [6.45, 7) is 1.51. The minimum Gasteiger partial charge on any atom is -0.392 e. The molecule has 0 bridgehead atoms. The van der Waals surface area contributed by atoms with Crippen molar-refractivity contribution in [2.24, 2.45) is 0 Å². The van der Waals surface area contributed by atoms with Crippen LogP contribution in [0.1, 0.15) is 16.8 Å². The minimum absolute atomic E-state index is 0.0721. The van der Waals surface area contributed by atoms with E-state index in [-0.39, 0.29) is 6.61 Å². The van der Waals surface area contributed by atoms with Crippen molar-refractivity contribution in [1.82, 2.24) is 10.3 Å². The van der Waals surface area contributed by atoms with E-state index in [1.165, 1.54) is 0 Å². The highest BCUT2D eigenvalue weighted by Crippen LogP contribution is 2.18. The Hall–Kier alpha value is -1.94. The molecule has 0 radical (unpaired) electrons. The number of benzene rings is 2. The number of fused-ring (bicyclic) bond motifs is 1. The van der Waals surface area contributed by atoms with Crippen LogP contribution in [0.2, 0.25) is 5.02 Å². The van der Waals surface area contributed by atoms with Crippen LogP contribution in [0, 0.1) is 0 Å². The molecule has 0 aliphatic carbocycles. The zero-order valence-corrected chi connectivity index (χ0v) is 12.8. The standard InChI is InChI=1S/C18H17ClN2O/c19-16-5-7-18-15(9-16)4-6-17(21-18)11-20-10-13-2-1-3-14(8-13)12-22/h1-9,20,22H,10-12H2. The van der Waals surface area contributed by atoms with E-state index in [0.29, 0.717) is 6.54 Å². The van der Waals surface area contributed by atoms with Gasteiger partial charge in [0.25, 0.3) is 0 Å². The van der Waals surface area contributed by atoms with Crippen molar-refractivity contribution in [3.63, 3.8) is 0 Å². The van der Waals surface area contributed by atoms with Gasteiger partial charge in [0.15, 0.2) is 0 Å². The third-order valence-electron chi connectivity index (χ3n) is 3.52. The minimum atomic E-state index is 0.0721. The molecule has 0 aliphatic rings. The molecule has 1 aromatic heterocycles. The number of hydrogen-bond acceptors (Lipinski definition) is 3. The zero-order chi connectivity index (χ0) is 15.4. The Morgan fingerprint density at radius 2 is 1.82 bits per heavy atom. The van der Waals surface area contributed by atoms with Gasteiger partial charge < -0.3 is 10.4 Å². The number of aliphatic hydroxyl groups excluding tert-OH is 1. The fourth-order valence-corrected chi connectivity index (χ4v) is 2.59. The van der Waals surface area contributed by atoms with Crippen LogP contribution in [-0.2, 0) is 19.7 Å². The van der Waals surface area contributed by atoms with E-state index in [1.54, 1.807) is 0 Å². The number of aliphatic hydroxyl groups is 1. The lowest BCUT2D eigenvalue weighted by molar-refractivity contribution is 0.281. The summed E-state index contributed by atoms with van der Waals surface area (Å²) in [6, 6.07) is 17.7. The molecule has 22 heavy (non-hydrogen) atoms. The van der Waals surface area contributed by atoms with Gasteiger partial charge in [-0.1, -0.05) is 41.9 Å². The summed E-state index contributed by atoms with van der Waals surface area (Å²) >= 11 is 5.98. The maximum atomic E-state index is 9.15. The number of nitrogens with zero attached hydrogens (tertiary/aromatic N) is 1. The van der Waals surface area contributed by atoms with Gasteiger partial charge in [-0.3, -0.25) is 4.98 Å². The van der Waals surface area contributed by atoms with Crippen molar-refractivity contribution in [3.8, 4) is 0 Å². The molecule has 0 fully saturated rings. The molecule has 4 heteroatoms. The van der Waals surface area contributed by atoms with E-state index < -0.39 is 0 Å². The van der Waals surface area contributed by atoms with E-state index in [4.69, 9.17) is 16.7 Å². The van der Waals surface area contributed by atoms with Gasteiger partial charge >= 0.3 is 0 Å². The largest absolute Gasteiger partial charge is 0.392 e. The van der Waals surface area contributed by atoms with Gasteiger partial charge in [0.1, 0.15) is 0 Å². The van der Waals surface area contributed by atoms with E-state index >= 15 is 0 Å². The van der Waals surface area contributed by atoms with Crippen LogP contribution in [-0.4, -0.2) is 10.1 Å². The topological polar surface area (TPSA) is 45.1 Å². The fraction of sp³-hybridized carbons (Fsp3) is 0.167. The quantitative estimate of drug-likeness (QED) is 0.755. The summed E-state index contributed by atoms with van der Waals surface area (Å²) in [4.78, 5) is 4.62. The molecule has 0 aliphatic heterocycles. The summed E-state index contributed by atoms with van der Waals surface area (Å²) in [5.41, 5.74) is 4.03. The number of hydrogen-bond donors (Lipinski definition) is 2. The fourth-order valence-electron chi connectivity index (χ4n) is 2.41. The van der Waals surface area contributed by atoms with Crippen LogP contribution < -0.4 is 5.32 Å². The van der Waals surface area contributed by atoms with Crippen molar-refractivity contribution in [1.29, 1.82) is 0 Å². The van der Waals surface area contributed by atoms with Crippen molar-refractivity contribution < 1.29 is 5.11 Å². The van der Waals surface area contributed by atoms with Crippen LogP contribution in [0.25, 0.3) is 10.9 Å². The summed E-state index contributed by atoms with van der Waals surface area (Å²) < 4.78 is 0. The van der Waals surface area contributed by atoms with Gasteiger partial charge in [-0.25, -0.2) is 0 Å². The van der Waals surface area contributed by atoms with Crippen LogP contribution in [0.4, 0.5) is 0 Å². The Morgan fingerprint density at radius 3 is 2.68 bits per heavy atom. The summed E-state index contributed by atoms with van der Waals surface area (Å²) in [7, 11) is 0. The number of aromatic nitrogens is 1. The molecule has 0 atom stereocenters. The molecule has 3 nitrogen and oxygen atoms in total. The first-order valence-electron chi connectivity index (χ1n) is 7.19. The normalized spacial score (nSPS) is 11.0. The molecule has 0 saturated heterocycles. The van der Waals surface area contributed by atoms with Gasteiger partial charge in [0.2, 0.25) is 0 Å². The highest BCUT2D eigenvalue weighted by atomic mass is 35.5. The average molecular weight is 313 g/mol. The molecule has 1 heterocycles. The number of halogens is 1. The predicted octanol–water partition coefficient (Wildman–Crippen LogP) is 3.67. The highest BCUT2D eigenvalue weighted by Gasteiger charge is 2.00. The molecule has 2 N–H and O–H groups in total. The highest BCUT2D eigenvalue weighted by molar-refractivity contribution is 6.31. The maximum absolute atomic E-state index is 9.15. The molecule has 3 aromatic rings. The first kappa shape index (κ1) is 15.0. The Balaban J connectivity index is 1.64. The molecular weight excluding hydrogens is 296 g/mol. The van der Waals surface area contributed by atoms with Crippen molar-refractivity contribution in [2.45, 2.75) is 19.7 Å². The van der Waals surface area contributed by atoms with Crippen LogP contribution >= 0.6 is 11.6 Å². The molecule has 0 unspecified atom stereocenters. The lowest BCUT2D eigenvalue weighted by atomic mass is 10.1. The Kier molecular flexibility index (Phi) is 4.68. The monoisotopic (exact) mass is 312 g/mol. The third-order valence-corrected chi connectivity index (χ3v) is 3.75. The van der Waals surface area contributed by atoms with Crippen LogP contribution in [0.15, 0.2) is 54.6 Å². The molecule has 112 valence electrons. The molecule has 2 aromatic carbocycles. The predicted molar refractivity (Wildman–Crippen MR) is 89.7 cm³/mol. The summed E-state index contributed by atoms with van der Waals surface area (Å²) in [5.74, 6) is 0. The van der Waals surface area contributed by atoms with Gasteiger partial charge in [-0.15, -0.1) is 0 Å². The van der Waals surface area contributed by atoms with E-state index in [0.717, 1.165) is 39.3 Å². The number of nitrogens with one attached hydrogen (secondary N) is 1. The molecular formula is C18H17ClN2O. The number of pyridine rings is 1.